The molecule has 2 rings (SSSR count). The highest BCUT2D eigenvalue weighted by molar-refractivity contribution is 5.50. The lowest BCUT2D eigenvalue weighted by molar-refractivity contribution is -0.137. The van der Waals surface area contributed by atoms with E-state index in [1.807, 2.05) is 6.92 Å². The van der Waals surface area contributed by atoms with Crippen molar-refractivity contribution in [2.24, 2.45) is 0 Å². The third-order valence-corrected chi connectivity index (χ3v) is 3.79. The van der Waals surface area contributed by atoms with E-state index in [0.29, 0.717) is 11.7 Å². The number of hydrogen-bond donors (Lipinski definition) is 1. The van der Waals surface area contributed by atoms with E-state index in [4.69, 9.17) is 0 Å². The van der Waals surface area contributed by atoms with E-state index >= 15 is 0 Å². The summed E-state index contributed by atoms with van der Waals surface area (Å²) in [6.07, 6.45) is -2.17. The molecule has 0 spiro atoms. The Bertz CT molecular complexity index is 445. The molecule has 1 aromatic rings. The molecular formula is C15H21F3N2. The molecule has 0 bridgehead atoms. The average molecular weight is 286 g/mol. The molecule has 0 aliphatic carbocycles. The first-order valence-corrected chi connectivity index (χ1v) is 7.09. The van der Waals surface area contributed by atoms with Gasteiger partial charge in [-0.1, -0.05) is 19.4 Å². The van der Waals surface area contributed by atoms with Gasteiger partial charge in [-0.15, -0.1) is 0 Å². The van der Waals surface area contributed by atoms with Crippen molar-refractivity contribution in [1.82, 2.24) is 5.32 Å². The fourth-order valence-corrected chi connectivity index (χ4v) is 2.69. The monoisotopic (exact) mass is 286 g/mol. The summed E-state index contributed by atoms with van der Waals surface area (Å²) in [6, 6.07) is 6.18. The van der Waals surface area contributed by atoms with Crippen LogP contribution in [0.2, 0.25) is 0 Å². The fraction of sp³-hybridized carbons (Fsp3) is 0.600. The summed E-state index contributed by atoms with van der Waals surface area (Å²) in [5.41, 5.74) is 0.0858. The molecule has 1 N–H and O–H groups in total. The molecule has 1 aliphatic heterocycles. The van der Waals surface area contributed by atoms with E-state index in [9.17, 15) is 13.2 Å². The predicted molar refractivity (Wildman–Crippen MR) is 75.0 cm³/mol. The van der Waals surface area contributed by atoms with Gasteiger partial charge < -0.3 is 10.2 Å². The van der Waals surface area contributed by atoms with Crippen LogP contribution in [0.25, 0.3) is 0 Å². The number of piperazine rings is 1. The van der Waals surface area contributed by atoms with Crippen molar-refractivity contribution in [1.29, 1.82) is 0 Å². The summed E-state index contributed by atoms with van der Waals surface area (Å²) in [6.45, 7) is 5.72. The van der Waals surface area contributed by atoms with Crippen molar-refractivity contribution >= 4 is 5.69 Å². The van der Waals surface area contributed by atoms with Gasteiger partial charge in [-0.3, -0.25) is 0 Å². The number of nitrogens with one attached hydrogen (secondary N) is 1. The van der Waals surface area contributed by atoms with Gasteiger partial charge in [0.25, 0.3) is 0 Å². The predicted octanol–water partition coefficient (Wildman–Crippen LogP) is 3.67. The summed E-state index contributed by atoms with van der Waals surface area (Å²) in [7, 11) is 0. The second kappa shape index (κ2) is 6.04. The first-order valence-electron chi connectivity index (χ1n) is 7.09. The summed E-state index contributed by atoms with van der Waals surface area (Å²) in [5.74, 6) is 0. The second-order valence-corrected chi connectivity index (χ2v) is 5.44. The Balaban J connectivity index is 2.20. The topological polar surface area (TPSA) is 15.3 Å². The third kappa shape index (κ3) is 3.45. The van der Waals surface area contributed by atoms with Crippen LogP contribution in [0, 0.1) is 0 Å². The lowest BCUT2D eigenvalue weighted by atomic mass is 10.0. The Hall–Kier alpha value is -1.23. The van der Waals surface area contributed by atoms with Crippen LogP contribution in [0.4, 0.5) is 18.9 Å². The van der Waals surface area contributed by atoms with Crippen LogP contribution >= 0.6 is 0 Å². The smallest absolute Gasteiger partial charge is 0.366 e. The maximum absolute atomic E-state index is 12.8. The van der Waals surface area contributed by atoms with Crippen molar-refractivity contribution in [3.05, 3.63) is 29.8 Å². The maximum Gasteiger partial charge on any atom is 0.416 e. The van der Waals surface area contributed by atoms with Crippen molar-refractivity contribution in [3.8, 4) is 0 Å². The normalized spacial score (nSPS) is 23.9. The molecule has 0 radical (unpaired) electrons. The van der Waals surface area contributed by atoms with E-state index < -0.39 is 11.7 Å². The highest BCUT2D eigenvalue weighted by Crippen LogP contribution is 2.32. The van der Waals surface area contributed by atoms with E-state index in [0.717, 1.165) is 32.0 Å². The van der Waals surface area contributed by atoms with Crippen molar-refractivity contribution in [3.63, 3.8) is 0 Å². The molecule has 2 nitrogen and oxygen atoms in total. The molecule has 20 heavy (non-hydrogen) atoms. The Kier molecular flexibility index (Phi) is 4.58. The zero-order chi connectivity index (χ0) is 14.8. The molecule has 1 aromatic carbocycles. The Morgan fingerprint density at radius 1 is 1.35 bits per heavy atom. The van der Waals surface area contributed by atoms with Gasteiger partial charge in [0.15, 0.2) is 0 Å². The van der Waals surface area contributed by atoms with Crippen LogP contribution in [-0.4, -0.2) is 25.2 Å². The Morgan fingerprint density at radius 3 is 2.75 bits per heavy atom. The summed E-state index contributed by atoms with van der Waals surface area (Å²) in [4.78, 5) is 2.08. The molecule has 112 valence electrons. The van der Waals surface area contributed by atoms with Crippen LogP contribution in [0.1, 0.15) is 32.3 Å². The molecule has 0 aromatic heterocycles. The molecule has 5 heteroatoms. The molecule has 1 saturated heterocycles. The molecule has 2 unspecified atom stereocenters. The van der Waals surface area contributed by atoms with Gasteiger partial charge >= 0.3 is 6.18 Å². The fourth-order valence-electron chi connectivity index (χ4n) is 2.69. The van der Waals surface area contributed by atoms with Crippen LogP contribution in [0.15, 0.2) is 24.3 Å². The molecule has 0 amide bonds. The summed E-state index contributed by atoms with van der Waals surface area (Å²) < 4.78 is 38.4. The van der Waals surface area contributed by atoms with Gasteiger partial charge in [0, 0.05) is 30.9 Å². The first-order chi connectivity index (χ1) is 9.41. The Labute approximate surface area is 118 Å². The van der Waals surface area contributed by atoms with E-state index in [-0.39, 0.29) is 6.04 Å². The van der Waals surface area contributed by atoms with Gasteiger partial charge in [-0.25, -0.2) is 0 Å². The lowest BCUT2D eigenvalue weighted by Gasteiger charge is -2.40. The highest BCUT2D eigenvalue weighted by Gasteiger charge is 2.32. The standard InChI is InChI=1S/C15H21F3N2/c1-3-5-13-10-20(11(2)9-19-13)14-7-4-6-12(8-14)15(16,17)18/h4,6-8,11,13,19H,3,5,9-10H2,1-2H3. The van der Waals surface area contributed by atoms with E-state index in [1.165, 1.54) is 12.1 Å². The molecule has 1 heterocycles. The largest absolute Gasteiger partial charge is 0.416 e. The van der Waals surface area contributed by atoms with Crippen LogP contribution in [0.5, 0.6) is 0 Å². The molecule has 2 atom stereocenters. The Morgan fingerprint density at radius 2 is 2.10 bits per heavy atom. The minimum absolute atomic E-state index is 0.201. The number of anilines is 1. The third-order valence-electron chi connectivity index (χ3n) is 3.79. The minimum atomic E-state index is -4.28. The average Bonchev–Trinajstić information content (AvgIpc) is 2.40. The number of hydrogen-bond acceptors (Lipinski definition) is 2. The number of halogens is 3. The zero-order valence-electron chi connectivity index (χ0n) is 11.9. The summed E-state index contributed by atoms with van der Waals surface area (Å²) in [5, 5.41) is 3.45. The van der Waals surface area contributed by atoms with Gasteiger partial charge in [0.2, 0.25) is 0 Å². The van der Waals surface area contributed by atoms with Crippen molar-refractivity contribution < 1.29 is 13.2 Å². The van der Waals surface area contributed by atoms with Crippen molar-refractivity contribution in [2.45, 2.75) is 44.9 Å². The second-order valence-electron chi connectivity index (χ2n) is 5.44. The number of nitrogens with zero attached hydrogens (tertiary/aromatic N) is 1. The number of alkyl halides is 3. The minimum Gasteiger partial charge on any atom is -0.366 e. The highest BCUT2D eigenvalue weighted by atomic mass is 19.4. The van der Waals surface area contributed by atoms with Gasteiger partial charge in [0.1, 0.15) is 0 Å². The summed E-state index contributed by atoms with van der Waals surface area (Å²) >= 11 is 0. The van der Waals surface area contributed by atoms with Crippen LogP contribution in [-0.2, 0) is 6.18 Å². The van der Waals surface area contributed by atoms with Crippen LogP contribution in [0.3, 0.4) is 0 Å². The number of benzene rings is 1. The van der Waals surface area contributed by atoms with Crippen molar-refractivity contribution in [2.75, 3.05) is 18.0 Å². The molecule has 0 saturated carbocycles. The maximum atomic E-state index is 12.8. The van der Waals surface area contributed by atoms with Crippen LogP contribution < -0.4 is 10.2 Å². The van der Waals surface area contributed by atoms with Gasteiger partial charge in [0.05, 0.1) is 5.56 Å². The first kappa shape index (κ1) is 15.2. The molecule has 1 fully saturated rings. The number of rotatable bonds is 3. The van der Waals surface area contributed by atoms with Gasteiger partial charge in [-0.05, 0) is 31.5 Å². The van der Waals surface area contributed by atoms with Gasteiger partial charge in [-0.2, -0.15) is 13.2 Å². The quantitative estimate of drug-likeness (QED) is 0.912. The molecular weight excluding hydrogens is 265 g/mol. The SMILES string of the molecule is CCCC1CN(c2cccc(C(F)(F)F)c2)C(C)CN1. The zero-order valence-corrected chi connectivity index (χ0v) is 11.9. The lowest BCUT2D eigenvalue weighted by Crippen LogP contribution is -2.55. The van der Waals surface area contributed by atoms with E-state index in [2.05, 4.69) is 17.1 Å². The molecule has 1 aliphatic rings. The van der Waals surface area contributed by atoms with E-state index in [1.54, 1.807) is 6.07 Å².